The van der Waals surface area contributed by atoms with Gasteiger partial charge in [-0.25, -0.2) is 0 Å². The van der Waals surface area contributed by atoms with E-state index in [9.17, 15) is 4.79 Å². The van der Waals surface area contributed by atoms with Crippen LogP contribution >= 0.6 is 11.6 Å². The maximum absolute atomic E-state index is 11.1. The number of aromatic nitrogens is 2. The Labute approximate surface area is 181 Å². The fourth-order valence-electron chi connectivity index (χ4n) is 3.52. The van der Waals surface area contributed by atoms with Crippen LogP contribution in [-0.2, 0) is 11.2 Å². The first-order valence-corrected chi connectivity index (χ1v) is 10.2. The minimum atomic E-state index is -1.31. The Morgan fingerprint density at radius 1 is 1.27 bits per heavy atom. The Kier molecular flexibility index (Phi) is 5.41. The molecule has 1 saturated carbocycles. The highest BCUT2D eigenvalue weighted by molar-refractivity contribution is 6.32. The van der Waals surface area contributed by atoms with E-state index in [1.54, 1.807) is 12.1 Å². The van der Waals surface area contributed by atoms with Crippen molar-refractivity contribution >= 4 is 17.6 Å². The molecule has 1 aliphatic rings. The SMILES string of the molecule is [2H]C1(C(=O)O)CC(Cc2ccc(-c3nc(-c4ccc(OC(C)C)c(Cl)c4)no3)cc2)C1. The maximum atomic E-state index is 11.1. The number of hydrogen-bond donors (Lipinski definition) is 1. The highest BCUT2D eigenvalue weighted by Gasteiger charge is 2.34. The summed E-state index contributed by atoms with van der Waals surface area (Å²) >= 11 is 6.30. The lowest BCUT2D eigenvalue weighted by atomic mass is 9.72. The van der Waals surface area contributed by atoms with Crippen molar-refractivity contribution in [3.05, 3.63) is 53.1 Å². The molecule has 0 amide bonds. The quantitative estimate of drug-likeness (QED) is 0.536. The van der Waals surface area contributed by atoms with E-state index in [2.05, 4.69) is 10.1 Å². The minimum Gasteiger partial charge on any atom is -0.489 e. The van der Waals surface area contributed by atoms with Gasteiger partial charge in [-0.15, -0.1) is 0 Å². The van der Waals surface area contributed by atoms with Crippen LogP contribution in [0.4, 0.5) is 0 Å². The van der Waals surface area contributed by atoms with Crippen LogP contribution in [0.1, 0.15) is 33.6 Å². The van der Waals surface area contributed by atoms with Crippen LogP contribution in [0, 0.1) is 11.8 Å². The first-order chi connectivity index (χ1) is 14.7. The second kappa shape index (κ2) is 8.48. The fourth-order valence-corrected chi connectivity index (χ4v) is 3.75. The van der Waals surface area contributed by atoms with E-state index in [-0.39, 0.29) is 12.0 Å². The first kappa shape index (κ1) is 19.1. The van der Waals surface area contributed by atoms with E-state index in [0.717, 1.165) is 23.1 Å². The molecule has 2 aromatic carbocycles. The Morgan fingerprint density at radius 2 is 1.97 bits per heavy atom. The zero-order chi connectivity index (χ0) is 22.2. The number of halogens is 1. The molecule has 0 aliphatic heterocycles. The molecule has 0 unspecified atom stereocenters. The summed E-state index contributed by atoms with van der Waals surface area (Å²) in [6.07, 6.45) is 1.56. The molecule has 0 bridgehead atoms. The average Bonchev–Trinajstić information content (AvgIpc) is 3.18. The van der Waals surface area contributed by atoms with Gasteiger partial charge in [0.05, 0.1) is 17.0 Å². The van der Waals surface area contributed by atoms with E-state index >= 15 is 0 Å². The summed E-state index contributed by atoms with van der Waals surface area (Å²) in [6.45, 7) is 3.87. The molecule has 7 heteroatoms. The molecular formula is C23H23ClN2O4. The fraction of sp³-hybridized carbons (Fsp3) is 0.348. The maximum Gasteiger partial charge on any atom is 0.306 e. The summed E-state index contributed by atoms with van der Waals surface area (Å²) in [5.41, 5.74) is 2.62. The summed E-state index contributed by atoms with van der Waals surface area (Å²) in [7, 11) is 0. The van der Waals surface area contributed by atoms with Crippen molar-refractivity contribution < 1.29 is 20.5 Å². The second-order valence-electron chi connectivity index (χ2n) is 7.82. The zero-order valence-corrected chi connectivity index (χ0v) is 17.5. The number of ether oxygens (including phenoxy) is 1. The summed E-state index contributed by atoms with van der Waals surface area (Å²) in [5, 5.41) is 13.6. The molecule has 0 spiro atoms. The standard InChI is InChI=1S/C23H23ClN2O4/c1-13(2)29-20-8-7-17(12-19(20)24)21-25-22(30-26-21)16-5-3-14(4-6-16)9-15-10-18(11-15)23(27)28/h3-8,12-13,15,18H,9-11H2,1-2H3,(H,27,28)/i18D. The molecular weight excluding hydrogens is 404 g/mol. The molecule has 6 nitrogen and oxygen atoms in total. The number of hydrogen-bond acceptors (Lipinski definition) is 5. The van der Waals surface area contributed by atoms with Gasteiger partial charge in [-0.05, 0) is 74.9 Å². The number of aliphatic carboxylic acids is 1. The van der Waals surface area contributed by atoms with Crippen LogP contribution in [0.3, 0.4) is 0 Å². The number of benzene rings is 2. The molecule has 4 rings (SSSR count). The van der Waals surface area contributed by atoms with Crippen LogP contribution in [0.2, 0.25) is 5.02 Å². The third-order valence-corrected chi connectivity index (χ3v) is 5.37. The number of nitrogens with zero attached hydrogens (tertiary/aromatic N) is 2. The topological polar surface area (TPSA) is 85.5 Å². The van der Waals surface area contributed by atoms with Gasteiger partial charge in [-0.3, -0.25) is 4.79 Å². The van der Waals surface area contributed by atoms with Crippen molar-refractivity contribution in [3.8, 4) is 28.6 Å². The Bertz CT molecular complexity index is 1090. The van der Waals surface area contributed by atoms with Crippen LogP contribution in [0.25, 0.3) is 22.8 Å². The molecule has 0 saturated heterocycles. The van der Waals surface area contributed by atoms with Crippen LogP contribution in [0.15, 0.2) is 47.0 Å². The van der Waals surface area contributed by atoms with E-state index in [1.807, 2.05) is 44.2 Å². The van der Waals surface area contributed by atoms with Gasteiger partial charge in [0.2, 0.25) is 5.82 Å². The first-order valence-electron chi connectivity index (χ1n) is 10.4. The normalized spacial score (nSPS) is 21.2. The minimum absolute atomic E-state index is 0.0269. The number of rotatable bonds is 7. The van der Waals surface area contributed by atoms with Gasteiger partial charge in [0.1, 0.15) is 5.75 Å². The molecule has 1 aliphatic carbocycles. The van der Waals surface area contributed by atoms with Gasteiger partial charge >= 0.3 is 5.97 Å². The van der Waals surface area contributed by atoms with Gasteiger partial charge in [-0.1, -0.05) is 28.9 Å². The third-order valence-electron chi connectivity index (χ3n) is 5.08. The van der Waals surface area contributed by atoms with E-state index in [4.69, 9.17) is 27.3 Å². The molecule has 30 heavy (non-hydrogen) atoms. The highest BCUT2D eigenvalue weighted by Crippen LogP contribution is 2.36. The Balaban J connectivity index is 1.42. The molecule has 1 heterocycles. The highest BCUT2D eigenvalue weighted by atomic mass is 35.5. The summed E-state index contributed by atoms with van der Waals surface area (Å²) in [6, 6.07) is 13.1. The second-order valence-corrected chi connectivity index (χ2v) is 8.23. The summed E-state index contributed by atoms with van der Waals surface area (Å²) < 4.78 is 18.9. The van der Waals surface area contributed by atoms with E-state index in [1.165, 1.54) is 0 Å². The third kappa shape index (κ3) is 4.49. The van der Waals surface area contributed by atoms with Crippen molar-refractivity contribution in [2.75, 3.05) is 0 Å². The van der Waals surface area contributed by atoms with E-state index < -0.39 is 11.9 Å². The van der Waals surface area contributed by atoms with Gasteiger partial charge < -0.3 is 14.4 Å². The largest absolute Gasteiger partial charge is 0.489 e. The van der Waals surface area contributed by atoms with Crippen molar-refractivity contribution in [1.29, 1.82) is 0 Å². The lowest BCUT2D eigenvalue weighted by Gasteiger charge is -2.32. The van der Waals surface area contributed by atoms with Crippen LogP contribution in [0.5, 0.6) is 5.75 Å². The zero-order valence-electron chi connectivity index (χ0n) is 17.8. The predicted octanol–water partition coefficient (Wildman–Crippen LogP) is 5.50. The number of carbonyl (C=O) groups is 1. The lowest BCUT2D eigenvalue weighted by Crippen LogP contribution is -2.31. The van der Waals surface area contributed by atoms with Crippen LogP contribution in [-0.4, -0.2) is 27.3 Å². The Hall–Kier alpha value is -2.86. The molecule has 1 fully saturated rings. The molecule has 1 aromatic heterocycles. The van der Waals surface area contributed by atoms with Gasteiger partial charge in [-0.2, -0.15) is 4.98 Å². The van der Waals surface area contributed by atoms with Crippen molar-refractivity contribution in [3.63, 3.8) is 0 Å². The molecule has 156 valence electrons. The van der Waals surface area contributed by atoms with Gasteiger partial charge in [0.15, 0.2) is 0 Å². The Morgan fingerprint density at radius 3 is 2.60 bits per heavy atom. The van der Waals surface area contributed by atoms with E-state index in [0.29, 0.717) is 35.3 Å². The number of carboxylic acids is 1. The van der Waals surface area contributed by atoms with Crippen molar-refractivity contribution in [1.82, 2.24) is 10.1 Å². The smallest absolute Gasteiger partial charge is 0.306 e. The molecule has 3 aromatic rings. The monoisotopic (exact) mass is 427 g/mol. The van der Waals surface area contributed by atoms with Crippen molar-refractivity contribution in [2.45, 2.75) is 39.2 Å². The van der Waals surface area contributed by atoms with Gasteiger partial charge in [0, 0.05) is 12.5 Å². The molecule has 0 radical (unpaired) electrons. The summed E-state index contributed by atoms with van der Waals surface area (Å²) in [5.74, 6) is -0.673. The summed E-state index contributed by atoms with van der Waals surface area (Å²) in [4.78, 5) is 15.5. The lowest BCUT2D eigenvalue weighted by molar-refractivity contribution is -0.146. The van der Waals surface area contributed by atoms with Crippen LogP contribution < -0.4 is 4.74 Å². The van der Waals surface area contributed by atoms with Gasteiger partial charge in [0.25, 0.3) is 5.89 Å². The average molecular weight is 428 g/mol. The number of carboxylic acid groups (broad SMARTS) is 1. The molecule has 1 N–H and O–H groups in total. The van der Waals surface area contributed by atoms with Crippen molar-refractivity contribution in [2.24, 2.45) is 11.8 Å². The predicted molar refractivity (Wildman–Crippen MR) is 113 cm³/mol. The molecule has 0 atom stereocenters.